The first-order valence-electron chi connectivity index (χ1n) is 6.07. The number of rotatable bonds is 6. The number of aliphatic carboxylic acids is 1. The number of nitrogens with zero attached hydrogens (tertiary/aromatic N) is 2. The third-order valence-electron chi connectivity index (χ3n) is 2.74. The highest BCUT2D eigenvalue weighted by atomic mass is 16.4. The molecule has 0 spiro atoms. The molecule has 1 aromatic rings. The van der Waals surface area contributed by atoms with Gasteiger partial charge in [-0.3, -0.25) is 4.79 Å². The Bertz CT molecular complexity index is 517. The van der Waals surface area contributed by atoms with E-state index in [0.717, 1.165) is 11.3 Å². The van der Waals surface area contributed by atoms with Gasteiger partial charge in [0.15, 0.2) is 0 Å². The Labute approximate surface area is 113 Å². The minimum absolute atomic E-state index is 0.348. The number of anilines is 1. The van der Waals surface area contributed by atoms with Crippen LogP contribution >= 0.6 is 0 Å². The summed E-state index contributed by atoms with van der Waals surface area (Å²) in [4.78, 5) is 12.9. The summed E-state index contributed by atoms with van der Waals surface area (Å²) in [5.41, 5.74) is 2.22. The number of hydrogen-bond acceptors (Lipinski definition) is 3. The SMILES string of the molecule is C=C(C)CN(CC(C)C(=O)O)c1ccccc1C#N. The van der Waals surface area contributed by atoms with Crippen molar-refractivity contribution < 1.29 is 9.90 Å². The maximum atomic E-state index is 11.0. The fourth-order valence-electron chi connectivity index (χ4n) is 1.83. The molecule has 1 atom stereocenters. The minimum Gasteiger partial charge on any atom is -0.481 e. The number of benzene rings is 1. The van der Waals surface area contributed by atoms with Gasteiger partial charge in [-0.1, -0.05) is 31.2 Å². The summed E-state index contributed by atoms with van der Waals surface area (Å²) in [6.07, 6.45) is 0. The molecule has 0 aliphatic rings. The van der Waals surface area contributed by atoms with Crippen LogP contribution in [0.5, 0.6) is 0 Å². The highest BCUT2D eigenvalue weighted by molar-refractivity contribution is 5.71. The number of carboxylic acids is 1. The van der Waals surface area contributed by atoms with E-state index in [1.165, 1.54) is 0 Å². The molecule has 0 aliphatic heterocycles. The molecule has 4 heteroatoms. The molecule has 0 bridgehead atoms. The summed E-state index contributed by atoms with van der Waals surface area (Å²) < 4.78 is 0. The lowest BCUT2D eigenvalue weighted by atomic mass is 10.1. The zero-order valence-electron chi connectivity index (χ0n) is 11.3. The van der Waals surface area contributed by atoms with Crippen LogP contribution in [0.25, 0.3) is 0 Å². The normalized spacial score (nSPS) is 11.4. The van der Waals surface area contributed by atoms with E-state index in [4.69, 9.17) is 10.4 Å². The number of hydrogen-bond donors (Lipinski definition) is 1. The average Bonchev–Trinajstić information content (AvgIpc) is 2.37. The van der Waals surface area contributed by atoms with E-state index in [1.54, 1.807) is 19.1 Å². The maximum Gasteiger partial charge on any atom is 0.308 e. The quantitative estimate of drug-likeness (QED) is 0.797. The van der Waals surface area contributed by atoms with E-state index >= 15 is 0 Å². The molecular weight excluding hydrogens is 240 g/mol. The van der Waals surface area contributed by atoms with Crippen LogP contribution < -0.4 is 4.90 Å². The number of para-hydroxylation sites is 1. The van der Waals surface area contributed by atoms with Crippen molar-refractivity contribution in [3.05, 3.63) is 42.0 Å². The highest BCUT2D eigenvalue weighted by Gasteiger charge is 2.18. The summed E-state index contributed by atoms with van der Waals surface area (Å²) >= 11 is 0. The van der Waals surface area contributed by atoms with E-state index in [1.807, 2.05) is 24.0 Å². The van der Waals surface area contributed by atoms with Gasteiger partial charge in [0, 0.05) is 13.1 Å². The molecule has 0 heterocycles. The van der Waals surface area contributed by atoms with Crippen molar-refractivity contribution in [3.63, 3.8) is 0 Å². The van der Waals surface area contributed by atoms with Crippen molar-refractivity contribution in [3.8, 4) is 6.07 Å². The third kappa shape index (κ3) is 4.14. The van der Waals surface area contributed by atoms with Gasteiger partial charge < -0.3 is 10.0 Å². The molecule has 1 N–H and O–H groups in total. The largest absolute Gasteiger partial charge is 0.481 e. The van der Waals surface area contributed by atoms with E-state index in [9.17, 15) is 4.79 Å². The molecule has 0 saturated heterocycles. The summed E-state index contributed by atoms with van der Waals surface area (Å²) in [6, 6.07) is 9.32. The molecule has 0 saturated carbocycles. The number of carbonyl (C=O) groups is 1. The average molecular weight is 258 g/mol. The molecule has 1 aromatic carbocycles. The predicted octanol–water partition coefficient (Wildman–Crippen LogP) is 2.66. The third-order valence-corrected chi connectivity index (χ3v) is 2.74. The molecule has 100 valence electrons. The molecular formula is C15H18N2O2. The lowest BCUT2D eigenvalue weighted by Crippen LogP contribution is -2.33. The van der Waals surface area contributed by atoms with Crippen LogP contribution in [0.1, 0.15) is 19.4 Å². The second-order valence-corrected chi connectivity index (χ2v) is 4.71. The van der Waals surface area contributed by atoms with Crippen LogP contribution in [-0.2, 0) is 4.79 Å². The van der Waals surface area contributed by atoms with Crippen molar-refractivity contribution in [1.29, 1.82) is 5.26 Å². The molecule has 0 aromatic heterocycles. The topological polar surface area (TPSA) is 64.3 Å². The van der Waals surface area contributed by atoms with E-state index < -0.39 is 11.9 Å². The van der Waals surface area contributed by atoms with Crippen molar-refractivity contribution in [2.24, 2.45) is 5.92 Å². The van der Waals surface area contributed by atoms with Crippen LogP contribution in [0.2, 0.25) is 0 Å². The van der Waals surface area contributed by atoms with Crippen LogP contribution in [0.15, 0.2) is 36.4 Å². The first kappa shape index (κ1) is 14.8. The maximum absolute atomic E-state index is 11.0. The Kier molecular flexibility index (Phi) is 5.13. The molecule has 0 radical (unpaired) electrons. The molecule has 1 rings (SSSR count). The summed E-state index contributed by atoms with van der Waals surface area (Å²) in [5.74, 6) is -1.35. The minimum atomic E-state index is -0.846. The second kappa shape index (κ2) is 6.60. The summed E-state index contributed by atoms with van der Waals surface area (Å²) in [7, 11) is 0. The van der Waals surface area contributed by atoms with Gasteiger partial charge in [0.05, 0.1) is 17.2 Å². The molecule has 4 nitrogen and oxygen atoms in total. The Morgan fingerprint density at radius 3 is 2.68 bits per heavy atom. The van der Waals surface area contributed by atoms with Crippen LogP contribution in [0.3, 0.4) is 0 Å². The Morgan fingerprint density at radius 2 is 2.16 bits per heavy atom. The van der Waals surface area contributed by atoms with E-state index in [-0.39, 0.29) is 0 Å². The molecule has 0 amide bonds. The number of carboxylic acid groups (broad SMARTS) is 1. The zero-order valence-corrected chi connectivity index (χ0v) is 11.3. The van der Waals surface area contributed by atoms with Gasteiger partial charge in [0.25, 0.3) is 0 Å². The predicted molar refractivity (Wildman–Crippen MR) is 75.0 cm³/mol. The van der Waals surface area contributed by atoms with Crippen LogP contribution in [0.4, 0.5) is 5.69 Å². The lowest BCUT2D eigenvalue weighted by molar-refractivity contribution is -0.140. The Morgan fingerprint density at radius 1 is 1.53 bits per heavy atom. The van der Waals surface area contributed by atoms with Gasteiger partial charge in [-0.05, 0) is 19.1 Å². The zero-order chi connectivity index (χ0) is 14.4. The van der Waals surface area contributed by atoms with E-state index in [2.05, 4.69) is 12.6 Å². The summed E-state index contributed by atoms with van der Waals surface area (Å²) in [5, 5.41) is 18.2. The molecule has 0 aliphatic carbocycles. The fraction of sp³-hybridized carbons (Fsp3) is 0.333. The lowest BCUT2D eigenvalue weighted by Gasteiger charge is -2.27. The van der Waals surface area contributed by atoms with Crippen molar-refractivity contribution >= 4 is 11.7 Å². The fourth-order valence-corrected chi connectivity index (χ4v) is 1.83. The smallest absolute Gasteiger partial charge is 0.308 e. The first-order valence-corrected chi connectivity index (χ1v) is 6.07. The standard InChI is InChI=1S/C15H18N2O2/c1-11(2)9-17(10-12(3)15(18)19)14-7-5-4-6-13(14)8-16/h4-7,12H,1,9-10H2,2-3H3,(H,18,19). The highest BCUT2D eigenvalue weighted by Crippen LogP contribution is 2.21. The van der Waals surface area contributed by atoms with Crippen molar-refractivity contribution in [2.75, 3.05) is 18.0 Å². The van der Waals surface area contributed by atoms with Gasteiger partial charge in [0.1, 0.15) is 6.07 Å². The summed E-state index contributed by atoms with van der Waals surface area (Å²) in [6.45, 7) is 8.28. The molecule has 1 unspecified atom stereocenters. The van der Waals surface area contributed by atoms with Gasteiger partial charge in [-0.2, -0.15) is 5.26 Å². The number of nitriles is 1. The Balaban J connectivity index is 3.06. The van der Waals surface area contributed by atoms with Gasteiger partial charge in [0.2, 0.25) is 0 Å². The Hall–Kier alpha value is -2.28. The molecule has 0 fully saturated rings. The van der Waals surface area contributed by atoms with Gasteiger partial charge >= 0.3 is 5.97 Å². The molecule has 19 heavy (non-hydrogen) atoms. The second-order valence-electron chi connectivity index (χ2n) is 4.71. The van der Waals surface area contributed by atoms with Crippen LogP contribution in [-0.4, -0.2) is 24.2 Å². The van der Waals surface area contributed by atoms with Crippen molar-refractivity contribution in [1.82, 2.24) is 0 Å². The van der Waals surface area contributed by atoms with Gasteiger partial charge in [-0.25, -0.2) is 0 Å². The van der Waals surface area contributed by atoms with Crippen LogP contribution in [0, 0.1) is 17.2 Å². The van der Waals surface area contributed by atoms with Crippen molar-refractivity contribution in [2.45, 2.75) is 13.8 Å². The first-order chi connectivity index (χ1) is 8.95. The monoisotopic (exact) mass is 258 g/mol. The van der Waals surface area contributed by atoms with E-state index in [0.29, 0.717) is 18.7 Å². The van der Waals surface area contributed by atoms with Gasteiger partial charge in [-0.15, -0.1) is 0 Å².